The average molecular weight is 346 g/mol. The van der Waals surface area contributed by atoms with E-state index in [0.717, 1.165) is 10.5 Å². The summed E-state index contributed by atoms with van der Waals surface area (Å²) in [6.45, 7) is 0. The van der Waals surface area contributed by atoms with Gasteiger partial charge in [-0.25, -0.2) is 9.18 Å². The van der Waals surface area contributed by atoms with Gasteiger partial charge in [-0.15, -0.1) is 0 Å². The van der Waals surface area contributed by atoms with E-state index in [-0.39, 0.29) is 0 Å². The quantitative estimate of drug-likeness (QED) is 0.815. The summed E-state index contributed by atoms with van der Waals surface area (Å²) >= 11 is 0. The number of halogens is 1. The van der Waals surface area contributed by atoms with Crippen LogP contribution in [0.4, 0.5) is 9.18 Å². The first-order chi connectivity index (χ1) is 11.8. The summed E-state index contributed by atoms with van der Waals surface area (Å²) in [5.41, 5.74) is -3.89. The molecule has 2 aliphatic carbocycles. The minimum absolute atomic E-state index is 0.573. The van der Waals surface area contributed by atoms with Crippen molar-refractivity contribution in [3.8, 4) is 0 Å². The second-order valence-electron chi connectivity index (χ2n) is 6.67. The van der Waals surface area contributed by atoms with Crippen LogP contribution in [0.2, 0.25) is 0 Å². The predicted molar refractivity (Wildman–Crippen MR) is 87.5 cm³/mol. The average Bonchev–Trinajstić information content (AvgIpc) is 2.63. The second kappa shape index (κ2) is 4.68. The molecule has 7 heteroatoms. The normalized spacial score (nSPS) is 38.8. The van der Waals surface area contributed by atoms with E-state index in [9.17, 15) is 9.59 Å². The van der Waals surface area contributed by atoms with Crippen molar-refractivity contribution in [1.82, 2.24) is 9.80 Å². The van der Waals surface area contributed by atoms with Crippen LogP contribution in [0.3, 0.4) is 0 Å². The van der Waals surface area contributed by atoms with Gasteiger partial charge in [0.2, 0.25) is 5.67 Å². The van der Waals surface area contributed by atoms with Crippen molar-refractivity contribution in [3.63, 3.8) is 0 Å². The first kappa shape index (κ1) is 16.2. The summed E-state index contributed by atoms with van der Waals surface area (Å²) < 4.78 is 27.8. The Morgan fingerprint density at radius 2 is 1.80 bits per heavy atom. The molecule has 0 radical (unpaired) electrons. The Kier molecular flexibility index (Phi) is 3.04. The highest BCUT2D eigenvalue weighted by molar-refractivity contribution is 6.06. The van der Waals surface area contributed by atoms with Crippen LogP contribution in [0.5, 0.6) is 0 Å². The van der Waals surface area contributed by atoms with Gasteiger partial charge in [-0.1, -0.05) is 30.3 Å². The summed E-state index contributed by atoms with van der Waals surface area (Å²) in [5, 5.41) is 0. The monoisotopic (exact) mass is 346 g/mol. The molecule has 0 aromatic heterocycles. The topological polar surface area (TPSA) is 59.1 Å². The lowest BCUT2D eigenvalue weighted by atomic mass is 9.45. The van der Waals surface area contributed by atoms with Crippen LogP contribution in [-0.4, -0.2) is 67.4 Å². The number of hydrogen-bond donors (Lipinski definition) is 0. The number of benzene rings is 1. The number of ether oxygens (including phenoxy) is 2. The number of alkyl halides is 1. The molecule has 4 rings (SSSR count). The van der Waals surface area contributed by atoms with Gasteiger partial charge in [0.05, 0.1) is 0 Å². The number of nitrogens with zero attached hydrogens (tertiary/aromatic N) is 2. The highest BCUT2D eigenvalue weighted by Crippen LogP contribution is 2.68. The SMILES string of the molecule is COC12c3ccccc3C=CC1(OC)C1(F)C(=O)N(C)C(=O)N(C)C12. The number of rotatable bonds is 2. The lowest BCUT2D eigenvalue weighted by Crippen LogP contribution is -2.94. The number of urea groups is 1. The molecule has 1 saturated carbocycles. The third-order valence-corrected chi connectivity index (χ3v) is 5.95. The zero-order valence-corrected chi connectivity index (χ0v) is 14.4. The molecule has 1 saturated heterocycles. The van der Waals surface area contributed by atoms with Gasteiger partial charge in [0.25, 0.3) is 5.91 Å². The van der Waals surface area contributed by atoms with Crippen LogP contribution in [0.1, 0.15) is 11.1 Å². The lowest BCUT2D eigenvalue weighted by Gasteiger charge is -2.72. The number of likely N-dealkylation sites (N-methyl/N-ethyl adjacent to an activating group) is 1. The number of methoxy groups -OCH3 is 2. The standard InChI is InChI=1S/C18H19FN2O4/c1-20-13-17(19,14(22)21(2)15(20)23)16(24-3)10-9-11-7-5-6-8-12(11)18(13,16)25-4/h5-10,13H,1-4H3. The fourth-order valence-electron chi connectivity index (χ4n) is 4.89. The summed E-state index contributed by atoms with van der Waals surface area (Å²) in [6, 6.07) is 5.67. The van der Waals surface area contributed by atoms with Crippen molar-refractivity contribution in [2.45, 2.75) is 22.9 Å². The van der Waals surface area contributed by atoms with Crippen molar-refractivity contribution in [2.75, 3.05) is 28.3 Å². The van der Waals surface area contributed by atoms with Gasteiger partial charge in [-0.3, -0.25) is 9.69 Å². The van der Waals surface area contributed by atoms with Crippen LogP contribution in [0.25, 0.3) is 6.08 Å². The first-order valence-corrected chi connectivity index (χ1v) is 7.96. The number of imide groups is 1. The van der Waals surface area contributed by atoms with Gasteiger partial charge in [-0.2, -0.15) is 0 Å². The molecule has 132 valence electrons. The van der Waals surface area contributed by atoms with E-state index in [2.05, 4.69) is 0 Å². The second-order valence-corrected chi connectivity index (χ2v) is 6.67. The van der Waals surface area contributed by atoms with E-state index < -0.39 is 34.9 Å². The number of fused-ring (bicyclic) bond motifs is 6. The minimum atomic E-state index is -2.45. The minimum Gasteiger partial charge on any atom is -0.368 e. The van der Waals surface area contributed by atoms with Gasteiger partial charge < -0.3 is 14.4 Å². The Hall–Kier alpha value is -2.25. The molecule has 4 atom stereocenters. The lowest BCUT2D eigenvalue weighted by molar-refractivity contribution is -0.342. The maximum Gasteiger partial charge on any atom is 0.326 e. The Balaban J connectivity index is 2.05. The Morgan fingerprint density at radius 3 is 2.44 bits per heavy atom. The van der Waals surface area contributed by atoms with Crippen LogP contribution >= 0.6 is 0 Å². The van der Waals surface area contributed by atoms with Gasteiger partial charge in [-0.05, 0) is 17.2 Å². The number of carbonyl (C=O) groups excluding carboxylic acids is 2. The highest BCUT2D eigenvalue weighted by atomic mass is 19.1. The maximum absolute atomic E-state index is 16.3. The van der Waals surface area contributed by atoms with E-state index in [4.69, 9.17) is 9.47 Å². The summed E-state index contributed by atoms with van der Waals surface area (Å²) in [6.07, 6.45) is 3.28. The molecule has 1 aromatic carbocycles. The van der Waals surface area contributed by atoms with E-state index in [1.807, 2.05) is 24.3 Å². The van der Waals surface area contributed by atoms with Crippen molar-refractivity contribution in [3.05, 3.63) is 41.5 Å². The molecular weight excluding hydrogens is 327 g/mol. The fraction of sp³-hybridized carbons (Fsp3) is 0.444. The first-order valence-electron chi connectivity index (χ1n) is 7.96. The molecule has 2 fully saturated rings. The van der Waals surface area contributed by atoms with E-state index in [1.165, 1.54) is 33.2 Å². The molecule has 0 spiro atoms. The van der Waals surface area contributed by atoms with Crippen LogP contribution < -0.4 is 0 Å². The number of carbonyl (C=O) groups is 2. The van der Waals surface area contributed by atoms with Gasteiger partial charge >= 0.3 is 6.03 Å². The van der Waals surface area contributed by atoms with Crippen LogP contribution in [-0.2, 0) is 19.9 Å². The molecule has 1 aliphatic heterocycles. The molecule has 3 amide bonds. The van der Waals surface area contributed by atoms with Gasteiger partial charge in [0.15, 0.2) is 11.2 Å². The molecule has 0 N–H and O–H groups in total. The molecule has 6 nitrogen and oxygen atoms in total. The molecule has 1 aromatic rings. The van der Waals surface area contributed by atoms with E-state index in [1.54, 1.807) is 12.2 Å². The highest BCUT2D eigenvalue weighted by Gasteiger charge is 2.90. The third-order valence-electron chi connectivity index (χ3n) is 5.95. The molecular formula is C18H19FN2O4. The Bertz CT molecular complexity index is 827. The summed E-state index contributed by atoms with van der Waals surface area (Å²) in [5.74, 6) is -0.917. The van der Waals surface area contributed by atoms with Crippen LogP contribution in [0.15, 0.2) is 30.3 Å². The zero-order chi connectivity index (χ0) is 18.2. The summed E-state index contributed by atoms with van der Waals surface area (Å²) in [7, 11) is 5.55. The fourth-order valence-corrected chi connectivity index (χ4v) is 4.89. The van der Waals surface area contributed by atoms with E-state index in [0.29, 0.717) is 5.56 Å². The van der Waals surface area contributed by atoms with Crippen molar-refractivity contribution >= 4 is 18.0 Å². The smallest absolute Gasteiger partial charge is 0.326 e. The van der Waals surface area contributed by atoms with Gasteiger partial charge in [0.1, 0.15) is 6.04 Å². The number of hydrogen-bond acceptors (Lipinski definition) is 4. The largest absolute Gasteiger partial charge is 0.368 e. The van der Waals surface area contributed by atoms with Crippen molar-refractivity contribution in [2.24, 2.45) is 0 Å². The Morgan fingerprint density at radius 1 is 1.12 bits per heavy atom. The zero-order valence-electron chi connectivity index (χ0n) is 14.4. The van der Waals surface area contributed by atoms with E-state index >= 15 is 4.39 Å². The Labute approximate surface area is 144 Å². The molecule has 3 aliphatic rings. The summed E-state index contributed by atoms with van der Waals surface area (Å²) in [4.78, 5) is 27.3. The number of amides is 3. The van der Waals surface area contributed by atoms with Crippen LogP contribution in [0, 0.1) is 0 Å². The van der Waals surface area contributed by atoms with Crippen molar-refractivity contribution < 1.29 is 23.5 Å². The van der Waals surface area contributed by atoms with Gasteiger partial charge in [0, 0.05) is 28.3 Å². The third kappa shape index (κ3) is 1.37. The predicted octanol–water partition coefficient (Wildman–Crippen LogP) is 1.55. The van der Waals surface area contributed by atoms with Crippen molar-refractivity contribution in [1.29, 1.82) is 0 Å². The maximum atomic E-state index is 16.3. The molecule has 1 heterocycles. The molecule has 25 heavy (non-hydrogen) atoms. The molecule has 4 unspecified atom stereocenters. The molecule has 0 bridgehead atoms.